The first-order valence-electron chi connectivity index (χ1n) is 5.23. The molecule has 0 aliphatic rings. The minimum Gasteiger partial charge on any atom is -0.377 e. The summed E-state index contributed by atoms with van der Waals surface area (Å²) in [6.07, 6.45) is 2.82. The summed E-state index contributed by atoms with van der Waals surface area (Å²) in [5, 5.41) is 7.15. The van der Waals surface area contributed by atoms with E-state index in [1.165, 1.54) is 30.6 Å². The monoisotopic (exact) mass is 277 g/mol. The van der Waals surface area contributed by atoms with Crippen molar-refractivity contribution in [3.63, 3.8) is 0 Å². The first-order chi connectivity index (χ1) is 9.17. The summed E-state index contributed by atoms with van der Waals surface area (Å²) in [5.74, 6) is 0.121. The van der Waals surface area contributed by atoms with Crippen molar-refractivity contribution in [2.45, 2.75) is 4.90 Å². The molecule has 96 valence electrons. The molecule has 0 aliphatic heterocycles. The number of hydrogen-bond donors (Lipinski definition) is 0. The molecule has 0 aliphatic carbocycles. The average Bonchev–Trinajstić information content (AvgIpc) is 2.87. The van der Waals surface area contributed by atoms with E-state index in [9.17, 15) is 8.42 Å². The van der Waals surface area contributed by atoms with E-state index in [0.717, 1.165) is 0 Å². The van der Waals surface area contributed by atoms with E-state index in [4.69, 9.17) is 4.18 Å². The Kier molecular flexibility index (Phi) is 2.64. The van der Waals surface area contributed by atoms with E-state index in [-0.39, 0.29) is 16.2 Å². The molecule has 0 saturated heterocycles. The van der Waals surface area contributed by atoms with E-state index in [1.807, 2.05) is 0 Å². The van der Waals surface area contributed by atoms with Crippen LogP contribution in [-0.4, -0.2) is 23.7 Å². The van der Waals surface area contributed by atoms with Crippen LogP contribution in [0.1, 0.15) is 0 Å². The second kappa shape index (κ2) is 4.32. The van der Waals surface area contributed by atoms with Gasteiger partial charge in [-0.25, -0.2) is 4.63 Å². The van der Waals surface area contributed by atoms with Gasteiger partial charge in [-0.2, -0.15) is 8.42 Å². The summed E-state index contributed by atoms with van der Waals surface area (Å²) in [7, 11) is -4.01. The number of fused-ring (bicyclic) bond motifs is 1. The molecule has 0 atom stereocenters. The predicted octanol–water partition coefficient (Wildman–Crippen LogP) is 1.39. The van der Waals surface area contributed by atoms with Crippen LogP contribution in [0.4, 0.5) is 0 Å². The summed E-state index contributed by atoms with van der Waals surface area (Å²) in [6.45, 7) is 0. The summed E-state index contributed by atoms with van der Waals surface area (Å²) >= 11 is 0. The van der Waals surface area contributed by atoms with Crippen molar-refractivity contribution < 1.29 is 17.2 Å². The van der Waals surface area contributed by atoms with E-state index >= 15 is 0 Å². The molecular formula is C11H7N3O4S. The fraction of sp³-hybridized carbons (Fsp3) is 0. The molecule has 0 fully saturated rings. The second-order valence-corrected chi connectivity index (χ2v) is 5.13. The third-order valence-corrected chi connectivity index (χ3v) is 3.64. The lowest BCUT2D eigenvalue weighted by atomic mass is 10.3. The Morgan fingerprint density at radius 1 is 1.11 bits per heavy atom. The third kappa shape index (κ3) is 2.13. The van der Waals surface area contributed by atoms with Crippen LogP contribution in [0, 0.1) is 0 Å². The minimum atomic E-state index is -4.01. The van der Waals surface area contributed by atoms with Crippen LogP contribution in [0.3, 0.4) is 0 Å². The number of rotatable bonds is 3. The number of aromatic nitrogens is 3. The fourth-order valence-corrected chi connectivity index (χ4v) is 2.62. The standard InChI is InChI=1S/C11H7N3O4S/c15-19(16,17-8-3-2-6-12-7-8)10-5-1-4-9-11(10)14-18-13-9/h1-7H. The van der Waals surface area contributed by atoms with Crippen LogP contribution >= 0.6 is 0 Å². The van der Waals surface area contributed by atoms with Crippen molar-refractivity contribution >= 4 is 21.2 Å². The lowest BCUT2D eigenvalue weighted by Crippen LogP contribution is -2.10. The lowest BCUT2D eigenvalue weighted by molar-refractivity contribution is 0.315. The molecule has 3 rings (SSSR count). The Morgan fingerprint density at radius 2 is 2.00 bits per heavy atom. The first kappa shape index (κ1) is 11.6. The molecule has 3 aromatic rings. The molecule has 0 radical (unpaired) electrons. The van der Waals surface area contributed by atoms with Crippen molar-refractivity contribution in [3.8, 4) is 5.75 Å². The highest BCUT2D eigenvalue weighted by atomic mass is 32.2. The van der Waals surface area contributed by atoms with Crippen LogP contribution in [0.2, 0.25) is 0 Å². The number of hydrogen-bond acceptors (Lipinski definition) is 7. The van der Waals surface area contributed by atoms with Crippen molar-refractivity contribution in [2.75, 3.05) is 0 Å². The molecule has 0 saturated carbocycles. The van der Waals surface area contributed by atoms with Crippen LogP contribution < -0.4 is 4.18 Å². The van der Waals surface area contributed by atoms with Gasteiger partial charge in [-0.05, 0) is 34.6 Å². The third-order valence-electron chi connectivity index (χ3n) is 2.36. The molecule has 0 bridgehead atoms. The van der Waals surface area contributed by atoms with Gasteiger partial charge in [0.15, 0.2) is 11.3 Å². The van der Waals surface area contributed by atoms with Crippen molar-refractivity contribution in [2.24, 2.45) is 0 Å². The van der Waals surface area contributed by atoms with E-state index in [2.05, 4.69) is 19.9 Å². The van der Waals surface area contributed by atoms with Gasteiger partial charge in [-0.3, -0.25) is 4.98 Å². The quantitative estimate of drug-likeness (QED) is 0.667. The summed E-state index contributed by atoms with van der Waals surface area (Å²) < 4.78 is 33.8. The van der Waals surface area contributed by atoms with Crippen LogP contribution in [0.5, 0.6) is 5.75 Å². The molecule has 0 spiro atoms. The molecule has 0 N–H and O–H groups in total. The summed E-state index contributed by atoms with van der Waals surface area (Å²) in [6, 6.07) is 7.56. The fourth-order valence-electron chi connectivity index (χ4n) is 1.55. The van der Waals surface area contributed by atoms with Gasteiger partial charge in [0.25, 0.3) is 0 Å². The minimum absolute atomic E-state index is 0.102. The lowest BCUT2D eigenvalue weighted by Gasteiger charge is -2.05. The molecule has 8 heteroatoms. The highest BCUT2D eigenvalue weighted by molar-refractivity contribution is 7.87. The van der Waals surface area contributed by atoms with Gasteiger partial charge in [0.2, 0.25) is 0 Å². The molecule has 1 aromatic carbocycles. The van der Waals surface area contributed by atoms with Crippen LogP contribution in [-0.2, 0) is 10.1 Å². The maximum Gasteiger partial charge on any atom is 0.341 e. The first-order valence-corrected chi connectivity index (χ1v) is 6.63. The Balaban J connectivity index is 2.08. The average molecular weight is 277 g/mol. The molecule has 19 heavy (non-hydrogen) atoms. The highest BCUT2D eigenvalue weighted by Crippen LogP contribution is 2.23. The zero-order valence-corrected chi connectivity index (χ0v) is 10.2. The zero-order chi connectivity index (χ0) is 13.3. The maximum absolute atomic E-state index is 12.2. The molecule has 2 heterocycles. The van der Waals surface area contributed by atoms with Gasteiger partial charge < -0.3 is 4.18 Å². The molecule has 2 aromatic heterocycles. The number of nitrogens with zero attached hydrogens (tertiary/aromatic N) is 3. The van der Waals surface area contributed by atoms with Crippen molar-refractivity contribution in [3.05, 3.63) is 42.7 Å². The SMILES string of the molecule is O=S(=O)(Oc1cccnc1)c1cccc2nonc12. The van der Waals surface area contributed by atoms with Gasteiger partial charge in [0.05, 0.1) is 6.20 Å². The molecule has 0 unspecified atom stereocenters. The number of pyridine rings is 1. The summed E-state index contributed by atoms with van der Waals surface area (Å²) in [5.41, 5.74) is 0.474. The Labute approximate surface area is 107 Å². The molecule has 0 amide bonds. The zero-order valence-electron chi connectivity index (χ0n) is 9.42. The molecule has 7 nitrogen and oxygen atoms in total. The van der Waals surface area contributed by atoms with Gasteiger partial charge in [0, 0.05) is 6.20 Å². The van der Waals surface area contributed by atoms with Gasteiger partial charge in [-0.1, -0.05) is 6.07 Å². The van der Waals surface area contributed by atoms with Crippen LogP contribution in [0.15, 0.2) is 52.3 Å². The number of benzene rings is 1. The van der Waals surface area contributed by atoms with Crippen molar-refractivity contribution in [1.82, 2.24) is 15.3 Å². The van der Waals surface area contributed by atoms with Crippen molar-refractivity contribution in [1.29, 1.82) is 0 Å². The maximum atomic E-state index is 12.2. The molecular weight excluding hydrogens is 270 g/mol. The summed E-state index contributed by atoms with van der Waals surface area (Å²) in [4.78, 5) is 3.68. The Bertz CT molecular complexity index is 814. The Morgan fingerprint density at radius 3 is 2.79 bits per heavy atom. The van der Waals surface area contributed by atoms with Gasteiger partial charge in [0.1, 0.15) is 10.4 Å². The highest BCUT2D eigenvalue weighted by Gasteiger charge is 2.22. The van der Waals surface area contributed by atoms with E-state index in [1.54, 1.807) is 12.1 Å². The topological polar surface area (TPSA) is 95.2 Å². The Hall–Kier alpha value is -2.48. The predicted molar refractivity (Wildman–Crippen MR) is 63.9 cm³/mol. The van der Waals surface area contributed by atoms with Crippen LogP contribution in [0.25, 0.3) is 11.0 Å². The van der Waals surface area contributed by atoms with Gasteiger partial charge in [-0.15, -0.1) is 0 Å². The van der Waals surface area contributed by atoms with Gasteiger partial charge >= 0.3 is 10.1 Å². The smallest absolute Gasteiger partial charge is 0.341 e. The second-order valence-electron chi connectivity index (χ2n) is 3.61. The van der Waals surface area contributed by atoms with E-state index in [0.29, 0.717) is 5.52 Å². The largest absolute Gasteiger partial charge is 0.377 e. The normalized spacial score (nSPS) is 11.6. The van der Waals surface area contributed by atoms with E-state index < -0.39 is 10.1 Å².